The van der Waals surface area contributed by atoms with Crippen LogP contribution < -0.4 is 0 Å². The first-order valence-corrected chi connectivity index (χ1v) is 28.7. The molecule has 12 bridgehead atoms. The van der Waals surface area contributed by atoms with E-state index in [2.05, 4.69) is 135 Å². The lowest BCUT2D eigenvalue weighted by atomic mass is 9.52. The van der Waals surface area contributed by atoms with Crippen molar-refractivity contribution in [3.05, 3.63) is 103 Å². The van der Waals surface area contributed by atoms with E-state index in [4.69, 9.17) is 69.6 Å². The average molecular weight is 972 g/mol. The molecule has 300 valence electrons. The van der Waals surface area contributed by atoms with Crippen LogP contribution in [0.25, 0.3) is 0 Å². The van der Waals surface area contributed by atoms with E-state index in [1.54, 1.807) is 66.8 Å². The van der Waals surface area contributed by atoms with Crippen molar-refractivity contribution < 1.29 is 0 Å². The summed E-state index contributed by atoms with van der Waals surface area (Å²) in [7, 11) is 0. The Kier molecular flexibility index (Phi) is 15.0. The number of thioether (sulfide) groups is 6. The van der Waals surface area contributed by atoms with Crippen molar-refractivity contribution in [1.29, 1.82) is 0 Å². The third kappa shape index (κ3) is 7.82. The van der Waals surface area contributed by atoms with E-state index in [0.29, 0.717) is 0 Å². The molecule has 55 heavy (non-hydrogen) atoms. The van der Waals surface area contributed by atoms with Crippen LogP contribution in [-0.2, 0) is 50.8 Å². The summed E-state index contributed by atoms with van der Waals surface area (Å²) in [5.74, 6) is 14.5. The molecule has 0 amide bonds. The van der Waals surface area contributed by atoms with Crippen LogP contribution in [0.2, 0.25) is 0 Å². The molecule has 3 heterocycles. The second-order valence-electron chi connectivity index (χ2n) is 15.9. The largest absolute Gasteiger partial charge is 0.180 e. The van der Waals surface area contributed by atoms with Crippen LogP contribution >= 0.6 is 140 Å². The molecule has 3 aromatic carbocycles. The highest BCUT2D eigenvalue weighted by Crippen LogP contribution is 2.82. The molecule has 3 aliphatic carbocycles. The van der Waals surface area contributed by atoms with E-state index >= 15 is 0 Å². The number of fused-ring (bicyclic) bond motifs is 9. The molecule has 3 aliphatic heterocycles. The van der Waals surface area contributed by atoms with Crippen LogP contribution in [0.1, 0.15) is 114 Å². The molecule has 3 aromatic rings. The Bertz CT molecular complexity index is 1560. The second-order valence-corrected chi connectivity index (χ2v) is 26.5. The molecule has 6 aliphatic rings. The molecular formula is C43H50Cl6S6. The van der Waals surface area contributed by atoms with Gasteiger partial charge in [-0.05, 0) is 121 Å². The fourth-order valence-corrected chi connectivity index (χ4v) is 17.2. The zero-order valence-corrected chi connectivity index (χ0v) is 41.4. The summed E-state index contributed by atoms with van der Waals surface area (Å²) in [4.78, 5) is 0. The Morgan fingerprint density at radius 3 is 0.691 bits per heavy atom. The van der Waals surface area contributed by atoms with Gasteiger partial charge < -0.3 is 0 Å². The first kappa shape index (κ1) is 44.6. The molecule has 0 saturated heterocycles. The standard InChI is InChI=1S/C41H48S6.2CHCl3/c1-38-32-14-26-20-42-8-5-9-43-21-27-15-33(38)35-17-29(27)23-45-11-7-13-47-25-31-19-37-36-18-30(31)24-46-12-6-10-44-22-28(26)16-34(32)39(36,2)41(38,4)40(35,37)3;2*2-1(3)4/h14-19H,5-13,20-25H2,1-4H3;2*1H. The predicted octanol–water partition coefficient (Wildman–Crippen LogP) is 15.5. The van der Waals surface area contributed by atoms with Gasteiger partial charge in [0.15, 0.2) is 8.59 Å². The summed E-state index contributed by atoms with van der Waals surface area (Å²) < 4.78 is -1.50. The molecule has 0 saturated carbocycles. The summed E-state index contributed by atoms with van der Waals surface area (Å²) in [6.45, 7) is 10.8. The third-order valence-corrected chi connectivity index (χ3v) is 20.1. The van der Waals surface area contributed by atoms with Gasteiger partial charge in [0.05, 0.1) is 0 Å². The number of hydrogen-bond acceptors (Lipinski definition) is 6. The van der Waals surface area contributed by atoms with Crippen molar-refractivity contribution in [1.82, 2.24) is 0 Å². The average Bonchev–Trinajstić information content (AvgIpc) is 3.47. The van der Waals surface area contributed by atoms with E-state index in [1.807, 2.05) is 0 Å². The minimum Gasteiger partial charge on any atom is -0.157 e. The molecule has 0 aromatic heterocycles. The normalized spacial score (nSPS) is 29.5. The molecular weight excluding hydrogens is 922 g/mol. The molecule has 0 spiro atoms. The van der Waals surface area contributed by atoms with E-state index in [9.17, 15) is 0 Å². The monoisotopic (exact) mass is 968 g/mol. The molecule has 9 rings (SSSR count). The number of hydrogen-bond donors (Lipinski definition) is 0. The number of rotatable bonds is 0. The fourth-order valence-electron chi connectivity index (χ4n) is 10.8. The molecule has 0 atom stereocenters. The maximum atomic E-state index is 4.81. The minimum atomic E-state index is -0.750. The van der Waals surface area contributed by atoms with Crippen molar-refractivity contribution in [2.24, 2.45) is 5.41 Å². The minimum absolute atomic E-state index is 0.00768. The van der Waals surface area contributed by atoms with Gasteiger partial charge in [-0.15, -0.1) is 0 Å². The topological polar surface area (TPSA) is 0 Å². The highest BCUT2D eigenvalue weighted by molar-refractivity contribution is 8.00. The van der Waals surface area contributed by atoms with Gasteiger partial charge in [-0.25, -0.2) is 0 Å². The van der Waals surface area contributed by atoms with Crippen LogP contribution in [0.3, 0.4) is 0 Å². The van der Waals surface area contributed by atoms with Gasteiger partial charge in [0.1, 0.15) is 0 Å². The Balaban J connectivity index is 0.000000533. The van der Waals surface area contributed by atoms with Gasteiger partial charge in [-0.2, -0.15) is 70.6 Å². The molecule has 0 nitrogen and oxygen atoms in total. The van der Waals surface area contributed by atoms with Gasteiger partial charge in [0, 0.05) is 56.2 Å². The van der Waals surface area contributed by atoms with E-state index in [0.717, 1.165) is 34.5 Å². The first-order valence-electron chi connectivity index (χ1n) is 19.1. The van der Waals surface area contributed by atoms with Crippen molar-refractivity contribution >= 4 is 140 Å². The van der Waals surface area contributed by atoms with Crippen molar-refractivity contribution in [3.8, 4) is 0 Å². The van der Waals surface area contributed by atoms with E-state index < -0.39 is 8.59 Å². The van der Waals surface area contributed by atoms with Gasteiger partial charge in [0.25, 0.3) is 0 Å². The Labute approximate surface area is 385 Å². The maximum Gasteiger partial charge on any atom is 0.180 e. The Morgan fingerprint density at radius 1 is 0.364 bits per heavy atom. The van der Waals surface area contributed by atoms with Crippen molar-refractivity contribution in [2.75, 3.05) is 34.5 Å². The van der Waals surface area contributed by atoms with Gasteiger partial charge in [0.2, 0.25) is 0 Å². The zero-order valence-electron chi connectivity index (χ0n) is 31.9. The smallest absolute Gasteiger partial charge is 0.157 e. The van der Waals surface area contributed by atoms with Crippen molar-refractivity contribution in [2.45, 2.75) is 106 Å². The lowest BCUT2D eigenvalue weighted by molar-refractivity contribution is 0.0997. The van der Waals surface area contributed by atoms with E-state index in [-0.39, 0.29) is 21.7 Å². The molecule has 0 N–H and O–H groups in total. The summed E-state index contributed by atoms with van der Waals surface area (Å²) in [6, 6.07) is 16.6. The van der Waals surface area contributed by atoms with Gasteiger partial charge in [-0.1, -0.05) is 134 Å². The van der Waals surface area contributed by atoms with Crippen LogP contribution in [0.4, 0.5) is 0 Å². The van der Waals surface area contributed by atoms with Crippen LogP contribution in [0.5, 0.6) is 0 Å². The summed E-state index contributed by atoms with van der Waals surface area (Å²) in [6.07, 6.45) is 3.92. The lowest BCUT2D eigenvalue weighted by Crippen LogP contribution is -2.51. The predicted molar refractivity (Wildman–Crippen MR) is 260 cm³/mol. The Hall–Kier alpha value is 1.50. The highest BCUT2D eigenvalue weighted by Gasteiger charge is 2.80. The SMILES string of the molecule is CC12c3cc4c5cc3C3(C)c6cc(c7cc6C(C)(c6cc(c(cc61)CSCCCSC4)CSCCCSC7)C23C)CSCCCSC5.ClC(Cl)Cl.ClC(Cl)Cl. The number of halogens is 6. The van der Waals surface area contributed by atoms with Crippen LogP contribution in [0.15, 0.2) is 36.4 Å². The van der Waals surface area contributed by atoms with Gasteiger partial charge >= 0.3 is 0 Å². The lowest BCUT2D eigenvalue weighted by Gasteiger charge is -2.49. The Morgan fingerprint density at radius 2 is 0.527 bits per heavy atom. The highest BCUT2D eigenvalue weighted by atomic mass is 35.6. The number of alkyl halides is 6. The third-order valence-electron chi connectivity index (χ3n) is 13.5. The van der Waals surface area contributed by atoms with E-state index in [1.165, 1.54) is 53.8 Å². The molecule has 0 radical (unpaired) electrons. The first-order chi connectivity index (χ1) is 26.3. The quantitative estimate of drug-likeness (QED) is 0.204. The molecule has 0 unspecified atom stereocenters. The number of benzene rings is 3. The summed E-state index contributed by atoms with van der Waals surface area (Å²) in [5, 5.41) is 0. The summed E-state index contributed by atoms with van der Waals surface area (Å²) >= 11 is 41.9. The maximum absolute atomic E-state index is 4.81. The second kappa shape index (κ2) is 18.5. The van der Waals surface area contributed by atoms with Gasteiger partial charge in [-0.3, -0.25) is 0 Å². The fraction of sp³-hybridized carbons (Fsp3) is 0.581. The van der Waals surface area contributed by atoms with Crippen molar-refractivity contribution in [3.63, 3.8) is 0 Å². The molecule has 0 fully saturated rings. The van der Waals surface area contributed by atoms with Crippen LogP contribution in [-0.4, -0.2) is 43.1 Å². The molecule has 12 heteroatoms. The zero-order chi connectivity index (χ0) is 39.2. The van der Waals surface area contributed by atoms with Crippen LogP contribution in [0, 0.1) is 5.41 Å². The summed E-state index contributed by atoms with van der Waals surface area (Å²) in [5.41, 5.74) is 19.5.